The van der Waals surface area contributed by atoms with Crippen LogP contribution in [0.1, 0.15) is 11.1 Å². The highest BCUT2D eigenvalue weighted by atomic mass is 32.2. The van der Waals surface area contributed by atoms with Gasteiger partial charge in [0.25, 0.3) is 10.0 Å². The molecule has 0 bridgehead atoms. The van der Waals surface area contributed by atoms with Gasteiger partial charge < -0.3 is 15.0 Å². The van der Waals surface area contributed by atoms with Crippen molar-refractivity contribution in [2.45, 2.75) is 17.9 Å². The number of aromatic amines is 1. The van der Waals surface area contributed by atoms with E-state index in [0.29, 0.717) is 23.1 Å². The lowest BCUT2D eigenvalue weighted by molar-refractivity contribution is 0.314. The van der Waals surface area contributed by atoms with Gasteiger partial charge in [-0.25, -0.2) is 8.42 Å². The van der Waals surface area contributed by atoms with Crippen LogP contribution in [0.15, 0.2) is 70.7 Å². The molecule has 4 aromatic rings. The highest BCUT2D eigenvalue weighted by Crippen LogP contribution is 2.43. The Morgan fingerprint density at radius 1 is 1.06 bits per heavy atom. The molecule has 2 heterocycles. The Balaban J connectivity index is 1.59. The first-order valence-corrected chi connectivity index (χ1v) is 12.0. The molecule has 5 rings (SSSR count). The number of benzene rings is 3. The normalized spacial score (nSPS) is 14.2. The van der Waals surface area contributed by atoms with Crippen molar-refractivity contribution in [1.82, 2.24) is 9.88 Å². The number of aromatic nitrogens is 1. The lowest BCUT2D eigenvalue weighted by atomic mass is 9.89. The molecule has 1 aliphatic rings. The van der Waals surface area contributed by atoms with E-state index >= 15 is 0 Å². The van der Waals surface area contributed by atoms with E-state index in [4.69, 9.17) is 0 Å². The molecule has 168 valence electrons. The van der Waals surface area contributed by atoms with E-state index in [0.717, 1.165) is 35.2 Å². The number of para-hydroxylation sites is 1. The Labute approximate surface area is 190 Å². The summed E-state index contributed by atoms with van der Waals surface area (Å²) in [5.74, 6) is -0.249. The van der Waals surface area contributed by atoms with Crippen molar-refractivity contribution in [3.63, 3.8) is 0 Å². The number of nitroso groups, excluding NO2 is 1. The minimum absolute atomic E-state index is 0.0199. The average Bonchev–Trinajstić information content (AvgIpc) is 3.14. The fraction of sp³-hybridized carbons (Fsp3) is 0.167. The second-order valence-corrected chi connectivity index (χ2v) is 9.88. The Hall–Kier alpha value is -3.69. The largest absolute Gasteiger partial charge is 0.493 e. The molecule has 1 aromatic heterocycles. The van der Waals surface area contributed by atoms with E-state index in [1.165, 1.54) is 0 Å². The molecular formula is C24H22N4O4S. The van der Waals surface area contributed by atoms with Gasteiger partial charge in [-0.2, -0.15) is 0 Å². The predicted molar refractivity (Wildman–Crippen MR) is 128 cm³/mol. The molecule has 3 N–H and O–H groups in total. The second kappa shape index (κ2) is 8.02. The van der Waals surface area contributed by atoms with Gasteiger partial charge in [-0.15, -0.1) is 4.91 Å². The zero-order valence-electron chi connectivity index (χ0n) is 17.9. The number of nitrogens with zero attached hydrogens (tertiary/aromatic N) is 2. The van der Waals surface area contributed by atoms with Crippen LogP contribution in [-0.4, -0.2) is 37.0 Å². The van der Waals surface area contributed by atoms with Gasteiger partial charge in [-0.3, -0.25) is 4.72 Å². The summed E-state index contributed by atoms with van der Waals surface area (Å²) in [7, 11) is -1.71. The van der Waals surface area contributed by atoms with Gasteiger partial charge in [0.15, 0.2) is 5.69 Å². The number of likely N-dealkylation sites (N-methyl/N-ethyl adjacent to an activating group) is 1. The van der Waals surface area contributed by atoms with Gasteiger partial charge in [0.2, 0.25) is 5.88 Å². The first kappa shape index (κ1) is 21.2. The minimum atomic E-state index is -3.73. The SMILES string of the molecule is CN1CCc2c(-c3ccc(S(=O)(=O)Nc4ccccc4)cc3)cc3c(N=O)c(O)[nH]c3c2C1. The van der Waals surface area contributed by atoms with E-state index in [2.05, 4.69) is 19.8 Å². The maximum atomic E-state index is 12.8. The topological polar surface area (TPSA) is 115 Å². The van der Waals surface area contributed by atoms with Crippen LogP contribution in [0.25, 0.3) is 22.0 Å². The van der Waals surface area contributed by atoms with Crippen molar-refractivity contribution in [2.75, 3.05) is 18.3 Å². The molecule has 0 fully saturated rings. The number of rotatable bonds is 5. The summed E-state index contributed by atoms with van der Waals surface area (Å²) in [6.07, 6.45) is 0.788. The number of sulfonamides is 1. The lowest BCUT2D eigenvalue weighted by Gasteiger charge is -2.27. The number of aromatic hydroxyl groups is 1. The third kappa shape index (κ3) is 3.75. The predicted octanol–water partition coefficient (Wildman–Crippen LogP) is 4.73. The maximum Gasteiger partial charge on any atom is 0.261 e. The van der Waals surface area contributed by atoms with Gasteiger partial charge in [0.05, 0.1) is 10.4 Å². The van der Waals surface area contributed by atoms with E-state index < -0.39 is 10.0 Å². The van der Waals surface area contributed by atoms with Gasteiger partial charge in [-0.1, -0.05) is 30.3 Å². The number of H-pyrrole nitrogens is 1. The fourth-order valence-corrected chi connectivity index (χ4v) is 5.47. The van der Waals surface area contributed by atoms with Crippen molar-refractivity contribution in [2.24, 2.45) is 5.18 Å². The van der Waals surface area contributed by atoms with Crippen LogP contribution < -0.4 is 4.72 Å². The van der Waals surface area contributed by atoms with Gasteiger partial charge in [-0.05, 0) is 71.2 Å². The van der Waals surface area contributed by atoms with Crippen LogP contribution in [0.3, 0.4) is 0 Å². The van der Waals surface area contributed by atoms with Crippen molar-refractivity contribution >= 4 is 32.3 Å². The summed E-state index contributed by atoms with van der Waals surface area (Å²) in [6, 6.07) is 17.2. The molecule has 1 aliphatic heterocycles. The van der Waals surface area contributed by atoms with E-state index in [-0.39, 0.29) is 16.5 Å². The van der Waals surface area contributed by atoms with Crippen LogP contribution in [0, 0.1) is 4.91 Å². The Kier molecular flexibility index (Phi) is 5.15. The third-order valence-corrected chi connectivity index (χ3v) is 7.43. The molecule has 8 nitrogen and oxygen atoms in total. The van der Waals surface area contributed by atoms with Crippen molar-refractivity contribution in [1.29, 1.82) is 0 Å². The van der Waals surface area contributed by atoms with Crippen LogP contribution in [0.2, 0.25) is 0 Å². The molecule has 0 spiro atoms. The summed E-state index contributed by atoms with van der Waals surface area (Å²) >= 11 is 0. The zero-order chi connectivity index (χ0) is 23.2. The van der Waals surface area contributed by atoms with E-state index in [9.17, 15) is 18.4 Å². The Morgan fingerprint density at radius 3 is 2.48 bits per heavy atom. The molecule has 33 heavy (non-hydrogen) atoms. The molecule has 0 atom stereocenters. The smallest absolute Gasteiger partial charge is 0.261 e. The van der Waals surface area contributed by atoms with Crippen LogP contribution >= 0.6 is 0 Å². The van der Waals surface area contributed by atoms with Crippen molar-refractivity contribution < 1.29 is 13.5 Å². The van der Waals surface area contributed by atoms with Crippen LogP contribution in [-0.2, 0) is 23.0 Å². The van der Waals surface area contributed by atoms with Crippen molar-refractivity contribution in [3.05, 3.63) is 76.7 Å². The summed E-state index contributed by atoms with van der Waals surface area (Å²) in [6.45, 7) is 1.52. The monoisotopic (exact) mass is 462 g/mol. The quantitative estimate of drug-likeness (QED) is 0.371. The van der Waals surface area contributed by atoms with Gasteiger partial charge in [0, 0.05) is 24.2 Å². The van der Waals surface area contributed by atoms with Gasteiger partial charge >= 0.3 is 0 Å². The fourth-order valence-electron chi connectivity index (χ4n) is 4.41. The summed E-state index contributed by atoms with van der Waals surface area (Å²) in [4.78, 5) is 16.6. The average molecular weight is 463 g/mol. The molecular weight excluding hydrogens is 440 g/mol. The Morgan fingerprint density at radius 2 is 1.79 bits per heavy atom. The molecule has 0 radical (unpaired) electrons. The first-order valence-electron chi connectivity index (χ1n) is 10.5. The summed E-state index contributed by atoms with van der Waals surface area (Å²) in [5.41, 5.74) is 5.02. The van der Waals surface area contributed by atoms with E-state index in [1.807, 2.05) is 19.2 Å². The number of fused-ring (bicyclic) bond motifs is 3. The first-order chi connectivity index (χ1) is 15.9. The highest BCUT2D eigenvalue weighted by Gasteiger charge is 2.25. The molecule has 0 saturated heterocycles. The summed E-state index contributed by atoms with van der Waals surface area (Å²) in [5, 5.41) is 13.7. The standard InChI is InChI=1S/C24H22N4O4S/c1-28-12-11-18-19(13-20-22(21(18)14-28)25-24(29)23(20)26-30)15-7-9-17(10-8-15)33(31,32)27-16-5-3-2-4-6-16/h2-10,13,25,27,29H,11-12,14H2,1H3. The van der Waals surface area contributed by atoms with Crippen molar-refractivity contribution in [3.8, 4) is 17.0 Å². The molecule has 0 aliphatic carbocycles. The molecule has 0 saturated carbocycles. The highest BCUT2D eigenvalue weighted by molar-refractivity contribution is 7.92. The lowest BCUT2D eigenvalue weighted by Crippen LogP contribution is -2.27. The van der Waals surface area contributed by atoms with E-state index in [1.54, 1.807) is 48.5 Å². The third-order valence-electron chi connectivity index (χ3n) is 6.04. The summed E-state index contributed by atoms with van der Waals surface area (Å²) < 4.78 is 28.1. The molecule has 0 amide bonds. The van der Waals surface area contributed by atoms with Crippen LogP contribution in [0.4, 0.5) is 11.4 Å². The number of hydrogen-bond acceptors (Lipinski definition) is 6. The number of hydrogen-bond donors (Lipinski definition) is 3. The molecule has 0 unspecified atom stereocenters. The zero-order valence-corrected chi connectivity index (χ0v) is 18.7. The minimum Gasteiger partial charge on any atom is -0.493 e. The second-order valence-electron chi connectivity index (χ2n) is 8.20. The van der Waals surface area contributed by atoms with Gasteiger partial charge in [0.1, 0.15) is 0 Å². The van der Waals surface area contributed by atoms with Crippen LogP contribution in [0.5, 0.6) is 5.88 Å². The maximum absolute atomic E-state index is 12.8. The number of nitrogens with one attached hydrogen (secondary N) is 2. The Bertz CT molecular complexity index is 1460. The molecule has 3 aromatic carbocycles. The molecule has 9 heteroatoms. The number of anilines is 1.